The Kier molecular flexibility index (Phi) is 16.0. The summed E-state index contributed by atoms with van der Waals surface area (Å²) in [7, 11) is 0. The maximum atomic E-state index is 10.0. The molecule has 0 heterocycles. The number of aliphatic carboxylic acids is 2. The van der Waals surface area contributed by atoms with Crippen LogP contribution in [0.3, 0.4) is 0 Å². The maximum Gasteiger partial charge on any atom is 0.308 e. The Labute approximate surface area is 161 Å². The zero-order valence-corrected chi connectivity index (χ0v) is 18.6. The van der Waals surface area contributed by atoms with Gasteiger partial charge < -0.3 is 15.3 Å². The summed E-state index contributed by atoms with van der Waals surface area (Å²) < 4.78 is 0. The van der Waals surface area contributed by atoms with E-state index in [-0.39, 0.29) is 11.8 Å². The molecule has 0 radical (unpaired) electrons. The monoisotopic (exact) mass is 376 g/mol. The minimum Gasteiger partial charge on any atom is -0.481 e. The molecular formula is C21H44O5. The summed E-state index contributed by atoms with van der Waals surface area (Å²) in [5.74, 6) is -1.46. The minimum atomic E-state index is -0.757. The molecule has 158 valence electrons. The zero-order chi connectivity index (χ0) is 21.6. The highest BCUT2D eigenvalue weighted by atomic mass is 16.4. The van der Waals surface area contributed by atoms with E-state index < -0.39 is 17.4 Å². The van der Waals surface area contributed by atoms with Gasteiger partial charge in [-0.3, -0.25) is 9.59 Å². The van der Waals surface area contributed by atoms with Crippen molar-refractivity contribution in [1.82, 2.24) is 0 Å². The van der Waals surface area contributed by atoms with Crippen LogP contribution in [0, 0.1) is 16.2 Å². The summed E-state index contributed by atoms with van der Waals surface area (Å²) in [6.45, 7) is 18.2. The molecule has 0 saturated carbocycles. The van der Waals surface area contributed by atoms with E-state index in [4.69, 9.17) is 15.3 Å². The Morgan fingerprint density at radius 2 is 1.08 bits per heavy atom. The van der Waals surface area contributed by atoms with Gasteiger partial charge in [0, 0.05) is 13.0 Å². The second-order valence-electron chi connectivity index (χ2n) is 10.1. The lowest BCUT2D eigenvalue weighted by Crippen LogP contribution is -2.18. The molecule has 0 aliphatic rings. The molecule has 0 aliphatic heterocycles. The third kappa shape index (κ3) is 34.3. The van der Waals surface area contributed by atoms with Gasteiger partial charge in [0.1, 0.15) is 0 Å². The molecule has 0 rings (SSSR count). The number of hydrogen-bond donors (Lipinski definition) is 3. The van der Waals surface area contributed by atoms with Crippen LogP contribution in [0.4, 0.5) is 0 Å². The number of carbonyl (C=O) groups is 2. The van der Waals surface area contributed by atoms with Crippen LogP contribution in [0.1, 0.15) is 101 Å². The van der Waals surface area contributed by atoms with E-state index in [1.807, 2.05) is 20.8 Å². The van der Waals surface area contributed by atoms with Crippen LogP contribution in [0.25, 0.3) is 0 Å². The van der Waals surface area contributed by atoms with Crippen LogP contribution >= 0.6 is 0 Å². The van der Waals surface area contributed by atoms with Gasteiger partial charge in [0.25, 0.3) is 0 Å². The van der Waals surface area contributed by atoms with Crippen molar-refractivity contribution < 1.29 is 24.9 Å². The van der Waals surface area contributed by atoms with Gasteiger partial charge in [-0.2, -0.15) is 0 Å². The van der Waals surface area contributed by atoms with E-state index in [2.05, 4.69) is 20.8 Å². The average Bonchev–Trinajstić information content (AvgIpc) is 2.40. The van der Waals surface area contributed by atoms with Crippen LogP contribution in [0.15, 0.2) is 0 Å². The van der Waals surface area contributed by atoms with Crippen molar-refractivity contribution in [3.8, 4) is 0 Å². The predicted molar refractivity (Wildman–Crippen MR) is 108 cm³/mol. The van der Waals surface area contributed by atoms with Crippen LogP contribution in [0.5, 0.6) is 0 Å². The summed E-state index contributed by atoms with van der Waals surface area (Å²) in [6, 6.07) is 0. The molecule has 0 fully saturated rings. The van der Waals surface area contributed by atoms with Gasteiger partial charge >= 0.3 is 11.9 Å². The van der Waals surface area contributed by atoms with Crippen molar-refractivity contribution in [1.29, 1.82) is 0 Å². The fraction of sp³-hybridized carbons (Fsp3) is 0.905. The first-order valence-corrected chi connectivity index (χ1v) is 9.48. The summed E-state index contributed by atoms with van der Waals surface area (Å²) in [5.41, 5.74) is 0.0356. The van der Waals surface area contributed by atoms with Gasteiger partial charge in [-0.05, 0) is 50.9 Å². The third-order valence-corrected chi connectivity index (χ3v) is 3.32. The Morgan fingerprint density at radius 1 is 0.692 bits per heavy atom. The maximum absolute atomic E-state index is 10.0. The first-order chi connectivity index (χ1) is 11.4. The topological polar surface area (TPSA) is 94.8 Å². The second kappa shape index (κ2) is 14.0. The fourth-order valence-electron chi connectivity index (χ4n) is 1.43. The lowest BCUT2D eigenvalue weighted by molar-refractivity contribution is -0.145. The molecule has 0 aromatic heterocycles. The van der Waals surface area contributed by atoms with Gasteiger partial charge in [-0.1, -0.05) is 54.4 Å². The molecular weight excluding hydrogens is 332 g/mol. The first kappa shape index (κ1) is 29.7. The molecule has 0 bridgehead atoms. The number of aliphatic hydroxyl groups excluding tert-OH is 1. The molecule has 0 amide bonds. The van der Waals surface area contributed by atoms with Gasteiger partial charge in [0.2, 0.25) is 0 Å². The number of rotatable bonds is 6. The van der Waals surface area contributed by atoms with E-state index in [1.165, 1.54) is 19.3 Å². The molecule has 0 aliphatic carbocycles. The van der Waals surface area contributed by atoms with Crippen LogP contribution in [-0.2, 0) is 9.59 Å². The number of unbranched alkanes of at least 4 members (excludes halogenated alkanes) is 2. The van der Waals surface area contributed by atoms with Crippen molar-refractivity contribution >= 4 is 11.9 Å². The van der Waals surface area contributed by atoms with Crippen molar-refractivity contribution in [2.45, 2.75) is 101 Å². The van der Waals surface area contributed by atoms with Gasteiger partial charge in [0.15, 0.2) is 0 Å². The Morgan fingerprint density at radius 3 is 1.27 bits per heavy atom. The lowest BCUT2D eigenvalue weighted by atomic mass is 9.89. The van der Waals surface area contributed by atoms with Crippen LogP contribution < -0.4 is 0 Å². The van der Waals surface area contributed by atoms with E-state index in [9.17, 15) is 9.59 Å². The SMILES string of the molecule is CC(C)(C)C(=O)O.CC(C)(C)CCC(=O)O.CC(C)(C)CCCCCO. The second-order valence-corrected chi connectivity index (χ2v) is 10.1. The summed E-state index contributed by atoms with van der Waals surface area (Å²) in [6.07, 6.45) is 5.70. The molecule has 0 atom stereocenters. The highest BCUT2D eigenvalue weighted by molar-refractivity contribution is 5.72. The summed E-state index contributed by atoms with van der Waals surface area (Å²) >= 11 is 0. The largest absolute Gasteiger partial charge is 0.481 e. The summed E-state index contributed by atoms with van der Waals surface area (Å²) in [4.78, 5) is 20.1. The lowest BCUT2D eigenvalue weighted by Gasteiger charge is -2.17. The van der Waals surface area contributed by atoms with E-state index in [0.29, 0.717) is 12.0 Å². The molecule has 0 unspecified atom stereocenters. The van der Waals surface area contributed by atoms with E-state index in [0.717, 1.165) is 12.8 Å². The number of hydrogen-bond acceptors (Lipinski definition) is 3. The molecule has 3 N–H and O–H groups in total. The fourth-order valence-corrected chi connectivity index (χ4v) is 1.43. The molecule has 26 heavy (non-hydrogen) atoms. The molecule has 0 aromatic carbocycles. The highest BCUT2D eigenvalue weighted by Crippen LogP contribution is 2.21. The number of aliphatic hydroxyl groups is 1. The predicted octanol–water partition coefficient (Wildman–Crippen LogP) is 5.60. The Hall–Kier alpha value is -1.10. The van der Waals surface area contributed by atoms with E-state index >= 15 is 0 Å². The quantitative estimate of drug-likeness (QED) is 0.524. The van der Waals surface area contributed by atoms with E-state index in [1.54, 1.807) is 20.8 Å². The number of carboxylic acid groups (broad SMARTS) is 2. The van der Waals surface area contributed by atoms with Crippen molar-refractivity contribution in [2.75, 3.05) is 6.61 Å². The summed E-state index contributed by atoms with van der Waals surface area (Å²) in [5, 5.41) is 25.0. The van der Waals surface area contributed by atoms with Crippen molar-refractivity contribution in [3.05, 3.63) is 0 Å². The van der Waals surface area contributed by atoms with Crippen molar-refractivity contribution in [2.24, 2.45) is 16.2 Å². The van der Waals surface area contributed by atoms with Gasteiger partial charge in [-0.15, -0.1) is 0 Å². The highest BCUT2D eigenvalue weighted by Gasteiger charge is 2.18. The molecule has 0 aromatic rings. The van der Waals surface area contributed by atoms with Crippen molar-refractivity contribution in [3.63, 3.8) is 0 Å². The third-order valence-electron chi connectivity index (χ3n) is 3.32. The van der Waals surface area contributed by atoms with Gasteiger partial charge in [0.05, 0.1) is 5.41 Å². The Bertz CT molecular complexity index is 367. The van der Waals surface area contributed by atoms with Crippen LogP contribution in [0.2, 0.25) is 0 Å². The minimum absolute atomic E-state index is 0.151. The standard InChI is InChI=1S/C9H20O.C7H14O2.C5H10O2/c1-9(2,3)7-5-4-6-8-10;1-7(2,3)5-4-6(8)9;1-5(2,3)4(6)7/h10H,4-8H2,1-3H3;4-5H2,1-3H3,(H,8,9);1-3H3,(H,6,7). The van der Waals surface area contributed by atoms with Crippen LogP contribution in [-0.4, -0.2) is 33.9 Å². The smallest absolute Gasteiger partial charge is 0.308 e. The first-order valence-electron chi connectivity index (χ1n) is 9.48. The zero-order valence-electron chi connectivity index (χ0n) is 18.6. The Balaban J connectivity index is -0.000000310. The molecule has 5 nitrogen and oxygen atoms in total. The molecule has 0 saturated heterocycles. The normalized spacial score (nSPS) is 11.6. The number of carboxylic acids is 2. The van der Waals surface area contributed by atoms with Gasteiger partial charge in [-0.25, -0.2) is 0 Å². The molecule has 5 heteroatoms. The average molecular weight is 377 g/mol. The molecule has 0 spiro atoms.